The highest BCUT2D eigenvalue weighted by molar-refractivity contribution is 14.1. The number of nitrogens with one attached hydrogen (secondary N) is 1. The number of halogens is 1. The summed E-state index contributed by atoms with van der Waals surface area (Å²) in [5.41, 5.74) is 0.844. The van der Waals surface area contributed by atoms with Crippen LogP contribution in [-0.4, -0.2) is 37.5 Å². The number of rotatable bonds is 4. The van der Waals surface area contributed by atoms with E-state index in [2.05, 4.69) is 27.9 Å². The fourth-order valence-electron chi connectivity index (χ4n) is 2.58. The van der Waals surface area contributed by atoms with E-state index in [1.54, 1.807) is 0 Å². The topological polar surface area (TPSA) is 32.3 Å². The summed E-state index contributed by atoms with van der Waals surface area (Å²) >= 11 is 2.24. The van der Waals surface area contributed by atoms with Crippen molar-refractivity contribution in [1.82, 2.24) is 10.2 Å². The number of carbonyl (C=O) groups excluding carboxylic acids is 1. The molecule has 1 fully saturated rings. The van der Waals surface area contributed by atoms with Crippen LogP contribution in [0, 0.1) is 9.49 Å². The van der Waals surface area contributed by atoms with Crippen LogP contribution in [-0.2, 0) is 0 Å². The first-order chi connectivity index (χ1) is 9.22. The molecule has 4 heteroatoms. The molecule has 0 saturated carbocycles. The zero-order valence-corrected chi connectivity index (χ0v) is 13.5. The fraction of sp³-hybridized carbons (Fsp3) is 0.533. The zero-order valence-electron chi connectivity index (χ0n) is 11.4. The summed E-state index contributed by atoms with van der Waals surface area (Å²) in [4.78, 5) is 14.5. The van der Waals surface area contributed by atoms with Gasteiger partial charge in [0.2, 0.25) is 0 Å². The second-order valence-corrected chi connectivity index (χ2v) is 6.27. The first kappa shape index (κ1) is 14.8. The number of carbonyl (C=O) groups is 1. The summed E-state index contributed by atoms with van der Waals surface area (Å²) in [6.07, 6.45) is 3.50. The molecule has 1 saturated heterocycles. The Morgan fingerprint density at radius 3 is 2.68 bits per heavy atom. The SMILES string of the molecule is CNCCC1CCN(C(=O)c2ccccc2I)CC1. The third-order valence-corrected chi connectivity index (χ3v) is 4.75. The Morgan fingerprint density at radius 1 is 1.37 bits per heavy atom. The molecule has 1 heterocycles. The predicted octanol–water partition coefficient (Wildman–Crippen LogP) is 2.75. The second kappa shape index (κ2) is 7.24. The molecule has 104 valence electrons. The number of nitrogens with zero attached hydrogens (tertiary/aromatic N) is 1. The smallest absolute Gasteiger partial charge is 0.254 e. The highest BCUT2D eigenvalue weighted by atomic mass is 127. The fourth-order valence-corrected chi connectivity index (χ4v) is 3.20. The minimum atomic E-state index is 0.192. The Kier molecular flexibility index (Phi) is 5.63. The first-order valence-corrected chi connectivity index (χ1v) is 7.98. The molecule has 19 heavy (non-hydrogen) atoms. The summed E-state index contributed by atoms with van der Waals surface area (Å²) in [5, 5.41) is 3.20. The van der Waals surface area contributed by atoms with E-state index in [0.717, 1.165) is 47.5 Å². The summed E-state index contributed by atoms with van der Waals surface area (Å²) in [6, 6.07) is 7.84. The van der Waals surface area contributed by atoms with Crippen LogP contribution >= 0.6 is 22.6 Å². The molecule has 0 spiro atoms. The van der Waals surface area contributed by atoms with Gasteiger partial charge < -0.3 is 10.2 Å². The molecule has 1 aliphatic heterocycles. The molecule has 0 aliphatic carbocycles. The van der Waals surface area contributed by atoms with Crippen molar-refractivity contribution in [3.8, 4) is 0 Å². The van der Waals surface area contributed by atoms with Crippen molar-refractivity contribution < 1.29 is 4.79 Å². The molecule has 1 aromatic rings. The van der Waals surface area contributed by atoms with E-state index in [0.29, 0.717) is 0 Å². The number of hydrogen-bond donors (Lipinski definition) is 1. The van der Waals surface area contributed by atoms with Crippen LogP contribution in [0.1, 0.15) is 29.6 Å². The molecule has 1 N–H and O–H groups in total. The van der Waals surface area contributed by atoms with Gasteiger partial charge in [0, 0.05) is 16.7 Å². The van der Waals surface area contributed by atoms with E-state index in [-0.39, 0.29) is 5.91 Å². The third-order valence-electron chi connectivity index (χ3n) is 3.81. The van der Waals surface area contributed by atoms with Gasteiger partial charge in [0.15, 0.2) is 0 Å². The minimum absolute atomic E-state index is 0.192. The molecule has 0 atom stereocenters. The van der Waals surface area contributed by atoms with E-state index in [1.807, 2.05) is 36.2 Å². The van der Waals surface area contributed by atoms with Crippen molar-refractivity contribution >= 4 is 28.5 Å². The maximum atomic E-state index is 12.5. The molecule has 2 rings (SSSR count). The lowest BCUT2D eigenvalue weighted by molar-refractivity contribution is 0.0686. The summed E-state index contributed by atoms with van der Waals surface area (Å²) in [5.74, 6) is 0.961. The van der Waals surface area contributed by atoms with Gasteiger partial charge in [-0.3, -0.25) is 4.79 Å². The van der Waals surface area contributed by atoms with Crippen LogP contribution in [0.3, 0.4) is 0 Å². The Bertz CT molecular complexity index is 428. The van der Waals surface area contributed by atoms with Gasteiger partial charge >= 0.3 is 0 Å². The van der Waals surface area contributed by atoms with Crippen LogP contribution in [0.15, 0.2) is 24.3 Å². The Morgan fingerprint density at radius 2 is 2.05 bits per heavy atom. The monoisotopic (exact) mass is 372 g/mol. The summed E-state index contributed by atoms with van der Waals surface area (Å²) in [7, 11) is 2.00. The summed E-state index contributed by atoms with van der Waals surface area (Å²) in [6.45, 7) is 2.88. The van der Waals surface area contributed by atoms with Gasteiger partial charge in [0.1, 0.15) is 0 Å². The summed E-state index contributed by atoms with van der Waals surface area (Å²) < 4.78 is 1.04. The number of amides is 1. The average Bonchev–Trinajstić information content (AvgIpc) is 2.45. The molecule has 0 radical (unpaired) electrons. The van der Waals surface area contributed by atoms with Gasteiger partial charge in [-0.1, -0.05) is 12.1 Å². The van der Waals surface area contributed by atoms with Crippen LogP contribution in [0.25, 0.3) is 0 Å². The molecule has 1 amide bonds. The Labute approximate surface area is 128 Å². The van der Waals surface area contributed by atoms with E-state index in [4.69, 9.17) is 0 Å². The van der Waals surface area contributed by atoms with Crippen LogP contribution in [0.4, 0.5) is 0 Å². The molecular weight excluding hydrogens is 351 g/mol. The van der Waals surface area contributed by atoms with E-state index >= 15 is 0 Å². The standard InChI is InChI=1S/C15H21IN2O/c1-17-9-6-12-7-10-18(11-8-12)15(19)13-4-2-3-5-14(13)16/h2-5,12,17H,6-11H2,1H3. The molecule has 0 bridgehead atoms. The average molecular weight is 372 g/mol. The highest BCUT2D eigenvalue weighted by Gasteiger charge is 2.24. The number of benzene rings is 1. The molecule has 3 nitrogen and oxygen atoms in total. The third kappa shape index (κ3) is 3.92. The van der Waals surface area contributed by atoms with Gasteiger partial charge in [-0.05, 0) is 73.5 Å². The second-order valence-electron chi connectivity index (χ2n) is 5.11. The first-order valence-electron chi connectivity index (χ1n) is 6.90. The van der Waals surface area contributed by atoms with Crippen molar-refractivity contribution in [2.75, 3.05) is 26.7 Å². The van der Waals surface area contributed by atoms with Crippen molar-refractivity contribution in [2.24, 2.45) is 5.92 Å². The lowest BCUT2D eigenvalue weighted by Crippen LogP contribution is -2.39. The van der Waals surface area contributed by atoms with E-state index < -0.39 is 0 Å². The van der Waals surface area contributed by atoms with Gasteiger partial charge in [-0.15, -0.1) is 0 Å². The van der Waals surface area contributed by atoms with Crippen LogP contribution in [0.2, 0.25) is 0 Å². The number of piperidine rings is 1. The quantitative estimate of drug-likeness (QED) is 0.825. The van der Waals surface area contributed by atoms with Gasteiger partial charge in [-0.25, -0.2) is 0 Å². The van der Waals surface area contributed by atoms with Crippen molar-refractivity contribution in [3.63, 3.8) is 0 Å². The normalized spacial score (nSPS) is 16.6. The zero-order chi connectivity index (χ0) is 13.7. The molecular formula is C15H21IN2O. The maximum Gasteiger partial charge on any atom is 0.254 e. The molecule has 1 aromatic carbocycles. The largest absolute Gasteiger partial charge is 0.339 e. The van der Waals surface area contributed by atoms with Gasteiger partial charge in [-0.2, -0.15) is 0 Å². The van der Waals surface area contributed by atoms with Gasteiger partial charge in [0.25, 0.3) is 5.91 Å². The Balaban J connectivity index is 1.91. The van der Waals surface area contributed by atoms with Crippen molar-refractivity contribution in [1.29, 1.82) is 0 Å². The van der Waals surface area contributed by atoms with Crippen LogP contribution in [0.5, 0.6) is 0 Å². The van der Waals surface area contributed by atoms with Gasteiger partial charge in [0.05, 0.1) is 5.56 Å². The van der Waals surface area contributed by atoms with Crippen LogP contribution < -0.4 is 5.32 Å². The minimum Gasteiger partial charge on any atom is -0.339 e. The number of likely N-dealkylation sites (tertiary alicyclic amines) is 1. The highest BCUT2D eigenvalue weighted by Crippen LogP contribution is 2.22. The lowest BCUT2D eigenvalue weighted by atomic mass is 9.93. The van der Waals surface area contributed by atoms with E-state index in [9.17, 15) is 4.79 Å². The van der Waals surface area contributed by atoms with E-state index in [1.165, 1.54) is 6.42 Å². The number of hydrogen-bond acceptors (Lipinski definition) is 2. The van der Waals surface area contributed by atoms with Crippen molar-refractivity contribution in [2.45, 2.75) is 19.3 Å². The molecule has 1 aliphatic rings. The predicted molar refractivity (Wildman–Crippen MR) is 86.3 cm³/mol. The Hall–Kier alpha value is -0.620. The molecule has 0 aromatic heterocycles. The molecule has 0 unspecified atom stereocenters. The maximum absolute atomic E-state index is 12.5. The lowest BCUT2D eigenvalue weighted by Gasteiger charge is -2.32. The van der Waals surface area contributed by atoms with Crippen molar-refractivity contribution in [3.05, 3.63) is 33.4 Å².